The van der Waals surface area contributed by atoms with Crippen LogP contribution in [0.1, 0.15) is 187 Å². The Morgan fingerprint density at radius 3 is 1.60 bits per heavy atom. The number of ether oxygens (including phenoxy) is 2. The van der Waals surface area contributed by atoms with E-state index in [0.29, 0.717) is 6.42 Å². The van der Waals surface area contributed by atoms with Crippen molar-refractivity contribution in [2.75, 3.05) is 13.2 Å². The summed E-state index contributed by atoms with van der Waals surface area (Å²) < 4.78 is 11.2. The van der Waals surface area contributed by atoms with Gasteiger partial charge in [-0.2, -0.15) is 0 Å². The van der Waals surface area contributed by atoms with E-state index in [-0.39, 0.29) is 12.5 Å². The molecule has 0 aromatic heterocycles. The molecule has 9 nitrogen and oxygen atoms in total. The zero-order chi connectivity index (χ0) is 42.3. The van der Waals surface area contributed by atoms with Crippen molar-refractivity contribution in [2.45, 2.75) is 230 Å². The minimum atomic E-state index is -1.58. The molecule has 1 rings (SSSR count). The van der Waals surface area contributed by atoms with Gasteiger partial charge in [-0.1, -0.05) is 171 Å². The predicted octanol–water partition coefficient (Wildman–Crippen LogP) is 10.0. The van der Waals surface area contributed by atoms with Crippen molar-refractivity contribution in [3.05, 3.63) is 60.8 Å². The maximum Gasteiger partial charge on any atom is 0.220 e. The van der Waals surface area contributed by atoms with Crippen LogP contribution in [0.4, 0.5) is 0 Å². The molecule has 336 valence electrons. The number of aliphatic hydroxyl groups excluding tert-OH is 5. The number of hydrogen-bond donors (Lipinski definition) is 6. The van der Waals surface area contributed by atoms with Crippen molar-refractivity contribution < 1.29 is 39.8 Å². The number of unbranched alkanes of at least 4 members (excludes halogenated alkanes) is 20. The van der Waals surface area contributed by atoms with Gasteiger partial charge in [-0.15, -0.1) is 0 Å². The zero-order valence-corrected chi connectivity index (χ0v) is 36.8. The first-order chi connectivity index (χ1) is 28.3. The normalized spacial score (nSPS) is 21.4. The van der Waals surface area contributed by atoms with Crippen molar-refractivity contribution >= 4 is 5.91 Å². The van der Waals surface area contributed by atoms with Gasteiger partial charge in [0.25, 0.3) is 0 Å². The van der Waals surface area contributed by atoms with Crippen LogP contribution in [0.3, 0.4) is 0 Å². The fourth-order valence-corrected chi connectivity index (χ4v) is 7.00. The summed E-state index contributed by atoms with van der Waals surface area (Å²) in [5, 5.41) is 54.2. The average Bonchev–Trinajstić information content (AvgIpc) is 3.22. The highest BCUT2D eigenvalue weighted by atomic mass is 16.7. The highest BCUT2D eigenvalue weighted by Crippen LogP contribution is 2.22. The molecular formula is C49H87NO8. The number of aliphatic hydroxyl groups is 5. The molecule has 1 fully saturated rings. The van der Waals surface area contributed by atoms with Gasteiger partial charge in [-0.25, -0.2) is 0 Å². The maximum absolute atomic E-state index is 13.0. The molecule has 0 spiro atoms. The molecule has 7 unspecified atom stereocenters. The molecule has 0 bridgehead atoms. The summed E-state index contributed by atoms with van der Waals surface area (Å²) in [5.74, 6) is -0.202. The van der Waals surface area contributed by atoms with Gasteiger partial charge in [-0.05, 0) is 70.6 Å². The lowest BCUT2D eigenvalue weighted by Crippen LogP contribution is -2.60. The maximum atomic E-state index is 13.0. The van der Waals surface area contributed by atoms with Gasteiger partial charge in [-0.3, -0.25) is 4.79 Å². The van der Waals surface area contributed by atoms with Gasteiger partial charge in [0.1, 0.15) is 24.4 Å². The number of hydrogen-bond acceptors (Lipinski definition) is 8. The third kappa shape index (κ3) is 29.2. The van der Waals surface area contributed by atoms with Crippen molar-refractivity contribution in [3.8, 4) is 0 Å². The smallest absolute Gasteiger partial charge is 0.220 e. The Hall–Kier alpha value is -2.11. The summed E-state index contributed by atoms with van der Waals surface area (Å²) in [6.07, 6.45) is 44.0. The first-order valence-corrected chi connectivity index (χ1v) is 23.5. The Labute approximate surface area is 354 Å². The van der Waals surface area contributed by atoms with Crippen molar-refractivity contribution in [3.63, 3.8) is 0 Å². The lowest BCUT2D eigenvalue weighted by atomic mass is 9.99. The van der Waals surface area contributed by atoms with E-state index in [1.165, 1.54) is 103 Å². The predicted molar refractivity (Wildman–Crippen MR) is 239 cm³/mol. The molecule has 1 saturated heterocycles. The van der Waals surface area contributed by atoms with Crippen LogP contribution in [0, 0.1) is 0 Å². The fourth-order valence-electron chi connectivity index (χ4n) is 7.00. The van der Waals surface area contributed by atoms with Crippen LogP contribution < -0.4 is 5.32 Å². The zero-order valence-electron chi connectivity index (χ0n) is 36.8. The van der Waals surface area contributed by atoms with E-state index in [0.717, 1.165) is 64.2 Å². The highest BCUT2D eigenvalue weighted by Gasteiger charge is 2.44. The number of nitrogens with one attached hydrogen (secondary N) is 1. The lowest BCUT2D eigenvalue weighted by molar-refractivity contribution is -0.302. The Bertz CT molecular complexity index is 1090. The molecule has 58 heavy (non-hydrogen) atoms. The van der Waals surface area contributed by atoms with Crippen LogP contribution in [0.5, 0.6) is 0 Å². The third-order valence-corrected chi connectivity index (χ3v) is 10.8. The minimum Gasteiger partial charge on any atom is -0.394 e. The molecule has 6 N–H and O–H groups in total. The summed E-state index contributed by atoms with van der Waals surface area (Å²) in [4.78, 5) is 13.0. The number of amides is 1. The topological polar surface area (TPSA) is 149 Å². The Kier molecular flexibility index (Phi) is 36.3. The number of carbonyl (C=O) groups excluding carboxylic acids is 1. The van der Waals surface area contributed by atoms with Gasteiger partial charge in [0, 0.05) is 6.42 Å². The van der Waals surface area contributed by atoms with Crippen LogP contribution in [-0.2, 0) is 14.3 Å². The van der Waals surface area contributed by atoms with Gasteiger partial charge >= 0.3 is 0 Å². The average molecular weight is 818 g/mol. The van der Waals surface area contributed by atoms with Crippen LogP contribution in [0.15, 0.2) is 60.8 Å². The number of carbonyl (C=O) groups is 1. The van der Waals surface area contributed by atoms with E-state index in [4.69, 9.17) is 9.47 Å². The van der Waals surface area contributed by atoms with Gasteiger partial charge in [0.2, 0.25) is 5.91 Å². The molecule has 1 amide bonds. The summed E-state index contributed by atoms with van der Waals surface area (Å²) in [6.45, 7) is 3.71. The molecule has 0 aliphatic carbocycles. The second-order valence-electron chi connectivity index (χ2n) is 16.2. The molecule has 0 saturated carbocycles. The molecular weight excluding hydrogens is 731 g/mol. The summed E-state index contributed by atoms with van der Waals surface area (Å²) >= 11 is 0. The largest absolute Gasteiger partial charge is 0.394 e. The number of rotatable bonds is 38. The first-order valence-electron chi connectivity index (χ1n) is 23.5. The van der Waals surface area contributed by atoms with Gasteiger partial charge in [0.05, 0.1) is 25.4 Å². The number of allylic oxidation sites excluding steroid dienone is 9. The van der Waals surface area contributed by atoms with Crippen molar-refractivity contribution in [2.24, 2.45) is 0 Å². The Morgan fingerprint density at radius 2 is 1.03 bits per heavy atom. The Balaban J connectivity index is 2.39. The van der Waals surface area contributed by atoms with E-state index in [9.17, 15) is 30.3 Å². The third-order valence-electron chi connectivity index (χ3n) is 10.8. The standard InChI is InChI=1S/C49H87NO8/c1-3-5-7-9-11-13-15-17-19-21-22-23-25-27-29-31-33-35-37-39-45(53)50-42(41-57-49-48(56)47(55)46(54)44(40-51)58-49)43(52)38-36-34-32-30-28-26-24-20-18-16-14-12-10-8-6-4-2/h11,13,17,19,22-23,28,30,36,38,42-44,46-49,51-52,54-56H,3-10,12,14-16,18,20-21,24-27,29,31-35,37,39-41H2,1-2H3,(H,50,53)/b13-11-,19-17-,23-22-,30-28+,38-36+. The molecule has 1 heterocycles. The van der Waals surface area contributed by atoms with Gasteiger partial charge in [0.15, 0.2) is 6.29 Å². The van der Waals surface area contributed by atoms with Crippen molar-refractivity contribution in [1.82, 2.24) is 5.32 Å². The minimum absolute atomic E-state index is 0.202. The van der Waals surface area contributed by atoms with E-state index in [1.807, 2.05) is 6.08 Å². The van der Waals surface area contributed by atoms with Crippen LogP contribution >= 0.6 is 0 Å². The van der Waals surface area contributed by atoms with E-state index in [2.05, 4.69) is 67.8 Å². The summed E-state index contributed by atoms with van der Waals surface area (Å²) in [6, 6.07) is -0.830. The second kappa shape index (κ2) is 39.1. The molecule has 1 aliphatic heterocycles. The first kappa shape index (κ1) is 53.9. The summed E-state index contributed by atoms with van der Waals surface area (Å²) in [7, 11) is 0. The van der Waals surface area contributed by atoms with Crippen LogP contribution in [-0.4, -0.2) is 87.5 Å². The molecule has 0 radical (unpaired) electrons. The fraction of sp³-hybridized carbons (Fsp3) is 0.776. The Morgan fingerprint density at radius 1 is 0.586 bits per heavy atom. The van der Waals surface area contributed by atoms with E-state index >= 15 is 0 Å². The van der Waals surface area contributed by atoms with E-state index < -0.39 is 49.5 Å². The van der Waals surface area contributed by atoms with Crippen molar-refractivity contribution in [1.29, 1.82) is 0 Å². The second-order valence-corrected chi connectivity index (χ2v) is 16.2. The quantitative estimate of drug-likeness (QED) is 0.0267. The molecule has 1 aliphatic rings. The highest BCUT2D eigenvalue weighted by molar-refractivity contribution is 5.76. The van der Waals surface area contributed by atoms with Crippen LogP contribution in [0.25, 0.3) is 0 Å². The molecule has 0 aromatic carbocycles. The van der Waals surface area contributed by atoms with Crippen LogP contribution in [0.2, 0.25) is 0 Å². The molecule has 0 aromatic rings. The molecule has 9 heteroatoms. The molecule has 7 atom stereocenters. The summed E-state index contributed by atoms with van der Waals surface area (Å²) in [5.41, 5.74) is 0. The van der Waals surface area contributed by atoms with E-state index in [1.54, 1.807) is 6.08 Å². The lowest BCUT2D eigenvalue weighted by Gasteiger charge is -2.40. The monoisotopic (exact) mass is 818 g/mol. The van der Waals surface area contributed by atoms with Gasteiger partial charge < -0.3 is 40.3 Å². The SMILES string of the molecule is CCCCC/C=C\C/C=C\C/C=C\CCCCCCCCC(=O)NC(COC1OC(CO)C(O)C(O)C1O)C(O)/C=C/CC/C=C/CCCCCCCCCCCC.